The molecule has 0 bridgehead atoms. The molecule has 0 fully saturated rings. The van der Waals surface area contributed by atoms with Crippen molar-refractivity contribution >= 4 is 11.5 Å². The van der Waals surface area contributed by atoms with Crippen LogP contribution in [-0.2, 0) is 11.2 Å². The number of hydrogen-bond acceptors (Lipinski definition) is 4. The van der Waals surface area contributed by atoms with Crippen LogP contribution in [0.1, 0.15) is 23.6 Å². The molecule has 4 rings (SSSR count). The van der Waals surface area contributed by atoms with Gasteiger partial charge in [-0.1, -0.05) is 66.7 Å². The second-order valence-corrected chi connectivity index (χ2v) is 6.62. The van der Waals surface area contributed by atoms with Gasteiger partial charge in [-0.2, -0.15) is 0 Å². The molecule has 0 saturated carbocycles. The standard InChI is InChI=1S/C21H21N5O/c27-21(25-13-11-19(12-14-25)18-9-5-2-6-10-18)20(26-16-22-23-24-26)15-17-7-3-1-4-8-17/h1-11,16,20H,12-15H2. The molecule has 1 atom stereocenters. The summed E-state index contributed by atoms with van der Waals surface area (Å²) in [7, 11) is 0. The summed E-state index contributed by atoms with van der Waals surface area (Å²) in [5, 5.41) is 11.4. The van der Waals surface area contributed by atoms with E-state index >= 15 is 0 Å². The molecule has 6 nitrogen and oxygen atoms in total. The Morgan fingerprint density at radius 2 is 1.78 bits per heavy atom. The molecule has 6 heteroatoms. The largest absolute Gasteiger partial charge is 0.337 e. The van der Waals surface area contributed by atoms with Crippen molar-refractivity contribution in [2.45, 2.75) is 18.9 Å². The van der Waals surface area contributed by atoms with Crippen molar-refractivity contribution in [1.29, 1.82) is 0 Å². The van der Waals surface area contributed by atoms with E-state index in [1.807, 2.05) is 53.4 Å². The second-order valence-electron chi connectivity index (χ2n) is 6.62. The van der Waals surface area contributed by atoms with Crippen molar-refractivity contribution in [3.05, 3.63) is 84.2 Å². The summed E-state index contributed by atoms with van der Waals surface area (Å²) in [6.45, 7) is 1.31. The SMILES string of the molecule is O=C(C(Cc1ccccc1)n1cnnn1)N1CC=C(c2ccccc2)CC1. The van der Waals surface area contributed by atoms with Crippen LogP contribution in [-0.4, -0.2) is 44.1 Å². The van der Waals surface area contributed by atoms with Crippen LogP contribution in [0.25, 0.3) is 5.57 Å². The highest BCUT2D eigenvalue weighted by molar-refractivity contribution is 5.82. The van der Waals surface area contributed by atoms with E-state index in [0.29, 0.717) is 19.5 Å². The van der Waals surface area contributed by atoms with Gasteiger partial charge in [0.15, 0.2) is 0 Å². The molecular weight excluding hydrogens is 338 g/mol. The van der Waals surface area contributed by atoms with Gasteiger partial charge in [0.1, 0.15) is 12.4 Å². The Labute approximate surface area is 158 Å². The molecule has 0 N–H and O–H groups in total. The first kappa shape index (κ1) is 17.1. The fourth-order valence-corrected chi connectivity index (χ4v) is 3.44. The average molecular weight is 359 g/mol. The summed E-state index contributed by atoms with van der Waals surface area (Å²) in [4.78, 5) is 15.1. The third kappa shape index (κ3) is 3.95. The summed E-state index contributed by atoms with van der Waals surface area (Å²) in [5.41, 5.74) is 3.61. The van der Waals surface area contributed by atoms with Crippen LogP contribution in [0.4, 0.5) is 0 Å². The highest BCUT2D eigenvalue weighted by atomic mass is 16.2. The van der Waals surface area contributed by atoms with Gasteiger partial charge < -0.3 is 4.90 Å². The maximum absolute atomic E-state index is 13.2. The Hall–Kier alpha value is -3.28. The van der Waals surface area contributed by atoms with Crippen molar-refractivity contribution in [2.24, 2.45) is 0 Å². The molecule has 2 aromatic carbocycles. The summed E-state index contributed by atoms with van der Waals surface area (Å²) in [6.07, 6.45) is 5.08. The number of carbonyl (C=O) groups is 1. The van der Waals surface area contributed by atoms with Crippen molar-refractivity contribution in [3.63, 3.8) is 0 Å². The number of benzene rings is 2. The minimum Gasteiger partial charge on any atom is -0.337 e. The first-order chi connectivity index (χ1) is 13.3. The number of tetrazole rings is 1. The van der Waals surface area contributed by atoms with Crippen molar-refractivity contribution in [1.82, 2.24) is 25.1 Å². The zero-order chi connectivity index (χ0) is 18.5. The van der Waals surface area contributed by atoms with Gasteiger partial charge in [0.25, 0.3) is 0 Å². The lowest BCUT2D eigenvalue weighted by Gasteiger charge is -2.30. The third-order valence-electron chi connectivity index (χ3n) is 4.91. The van der Waals surface area contributed by atoms with Crippen molar-refractivity contribution < 1.29 is 4.79 Å². The Kier molecular flexibility index (Phi) is 5.05. The lowest BCUT2D eigenvalue weighted by molar-refractivity contribution is -0.134. The van der Waals surface area contributed by atoms with Gasteiger partial charge in [-0.15, -0.1) is 5.10 Å². The molecule has 0 spiro atoms. The number of amides is 1. The maximum Gasteiger partial charge on any atom is 0.248 e. The van der Waals surface area contributed by atoms with Crippen LogP contribution in [0.2, 0.25) is 0 Å². The van der Waals surface area contributed by atoms with Gasteiger partial charge in [0, 0.05) is 19.5 Å². The molecule has 27 heavy (non-hydrogen) atoms. The molecule has 1 unspecified atom stereocenters. The molecule has 136 valence electrons. The number of hydrogen-bond donors (Lipinski definition) is 0. The molecule has 2 heterocycles. The minimum absolute atomic E-state index is 0.0505. The van der Waals surface area contributed by atoms with Crippen molar-refractivity contribution in [2.75, 3.05) is 13.1 Å². The van der Waals surface area contributed by atoms with Crippen LogP contribution in [0, 0.1) is 0 Å². The second kappa shape index (κ2) is 7.95. The van der Waals surface area contributed by atoms with E-state index in [4.69, 9.17) is 0 Å². The number of rotatable bonds is 5. The van der Waals surface area contributed by atoms with Gasteiger partial charge in [0.2, 0.25) is 5.91 Å². The number of nitrogens with zero attached hydrogens (tertiary/aromatic N) is 5. The first-order valence-corrected chi connectivity index (χ1v) is 9.11. The van der Waals surface area contributed by atoms with E-state index in [0.717, 1.165) is 12.0 Å². The predicted molar refractivity (Wildman–Crippen MR) is 103 cm³/mol. The summed E-state index contributed by atoms with van der Waals surface area (Å²) >= 11 is 0. The topological polar surface area (TPSA) is 63.9 Å². The Bertz CT molecular complexity index is 906. The predicted octanol–water partition coefficient (Wildman–Crippen LogP) is 2.77. The minimum atomic E-state index is -0.436. The molecule has 1 amide bonds. The van der Waals surface area contributed by atoms with Crippen LogP contribution < -0.4 is 0 Å². The highest BCUT2D eigenvalue weighted by Gasteiger charge is 2.28. The first-order valence-electron chi connectivity index (χ1n) is 9.11. The van der Waals surface area contributed by atoms with Gasteiger partial charge in [-0.3, -0.25) is 4.79 Å². The van der Waals surface area contributed by atoms with E-state index in [-0.39, 0.29) is 5.91 Å². The maximum atomic E-state index is 13.2. The molecule has 1 aliphatic rings. The van der Waals surface area contributed by atoms with E-state index in [1.54, 1.807) is 4.68 Å². The quantitative estimate of drug-likeness (QED) is 0.703. The normalized spacial score (nSPS) is 15.3. The zero-order valence-electron chi connectivity index (χ0n) is 15.0. The molecular formula is C21H21N5O. The molecule has 1 aromatic heterocycles. The smallest absolute Gasteiger partial charge is 0.248 e. The Balaban J connectivity index is 1.51. The monoisotopic (exact) mass is 359 g/mol. The molecule has 0 saturated heterocycles. The lowest BCUT2D eigenvalue weighted by Crippen LogP contribution is -2.40. The van der Waals surface area contributed by atoms with Gasteiger partial charge in [-0.25, -0.2) is 4.68 Å². The fourth-order valence-electron chi connectivity index (χ4n) is 3.44. The molecule has 0 aliphatic carbocycles. The fraction of sp³-hybridized carbons (Fsp3) is 0.238. The molecule has 1 aliphatic heterocycles. The molecule has 3 aromatic rings. The van der Waals surface area contributed by atoms with Crippen molar-refractivity contribution in [3.8, 4) is 0 Å². The average Bonchev–Trinajstić information content (AvgIpc) is 3.28. The van der Waals surface area contributed by atoms with Crippen LogP contribution in [0.5, 0.6) is 0 Å². The van der Waals surface area contributed by atoms with Gasteiger partial charge >= 0.3 is 0 Å². The van der Waals surface area contributed by atoms with Gasteiger partial charge in [-0.05, 0) is 33.5 Å². The number of aromatic nitrogens is 4. The van der Waals surface area contributed by atoms with E-state index in [1.165, 1.54) is 17.5 Å². The van der Waals surface area contributed by atoms with Crippen LogP contribution in [0.3, 0.4) is 0 Å². The van der Waals surface area contributed by atoms with Gasteiger partial charge in [0.05, 0.1) is 0 Å². The zero-order valence-corrected chi connectivity index (χ0v) is 15.0. The lowest BCUT2D eigenvalue weighted by atomic mass is 9.98. The van der Waals surface area contributed by atoms with Crippen LogP contribution >= 0.6 is 0 Å². The molecule has 0 radical (unpaired) electrons. The summed E-state index contributed by atoms with van der Waals surface area (Å²) in [5.74, 6) is 0.0505. The summed E-state index contributed by atoms with van der Waals surface area (Å²) in [6, 6.07) is 19.9. The Morgan fingerprint density at radius 3 is 2.41 bits per heavy atom. The Morgan fingerprint density at radius 1 is 1.04 bits per heavy atom. The summed E-state index contributed by atoms with van der Waals surface area (Å²) < 4.78 is 1.56. The van der Waals surface area contributed by atoms with E-state index < -0.39 is 6.04 Å². The highest BCUT2D eigenvalue weighted by Crippen LogP contribution is 2.24. The van der Waals surface area contributed by atoms with E-state index in [9.17, 15) is 4.79 Å². The third-order valence-corrected chi connectivity index (χ3v) is 4.91. The number of carbonyl (C=O) groups excluding carboxylic acids is 1. The van der Waals surface area contributed by atoms with E-state index in [2.05, 4.69) is 33.7 Å². The van der Waals surface area contributed by atoms with Crippen LogP contribution in [0.15, 0.2) is 73.1 Å².